The van der Waals surface area contributed by atoms with Gasteiger partial charge in [-0.15, -0.1) is 0 Å². The molecule has 118 valence electrons. The fourth-order valence-electron chi connectivity index (χ4n) is 2.53. The summed E-state index contributed by atoms with van der Waals surface area (Å²) < 4.78 is 6.02. The number of anilines is 1. The third-order valence-electron chi connectivity index (χ3n) is 3.93. The van der Waals surface area contributed by atoms with Crippen LogP contribution in [0, 0.1) is 0 Å². The van der Waals surface area contributed by atoms with Crippen LogP contribution >= 0.6 is 11.6 Å². The molecule has 0 aliphatic heterocycles. The normalized spacial score (nSPS) is 13.7. The zero-order valence-corrected chi connectivity index (χ0v) is 13.8. The summed E-state index contributed by atoms with van der Waals surface area (Å²) in [7, 11) is 0. The number of fused-ring (bicyclic) bond motifs is 1. The van der Waals surface area contributed by atoms with E-state index < -0.39 is 0 Å². The van der Waals surface area contributed by atoms with Gasteiger partial charge in [0.05, 0.1) is 16.2 Å². The summed E-state index contributed by atoms with van der Waals surface area (Å²) in [6, 6.07) is 15.3. The summed E-state index contributed by atoms with van der Waals surface area (Å²) in [4.78, 5) is 8.72. The fraction of sp³-hybridized carbons (Fsp3) is 0.222. The summed E-state index contributed by atoms with van der Waals surface area (Å²) in [5.41, 5.74) is 7.58. The zero-order valence-electron chi connectivity index (χ0n) is 13.0. The van der Waals surface area contributed by atoms with Crippen LogP contribution in [0.25, 0.3) is 10.9 Å². The number of hydrogen-bond donors (Lipinski definition) is 1. The number of nitrogens with two attached hydrogens (primary N) is 1. The predicted molar refractivity (Wildman–Crippen MR) is 93.9 cm³/mol. The summed E-state index contributed by atoms with van der Waals surface area (Å²) in [6.45, 7) is 4.07. The molecular weight excluding hydrogens is 310 g/mol. The van der Waals surface area contributed by atoms with Crippen LogP contribution in [0.4, 0.5) is 5.95 Å². The molecule has 2 atom stereocenters. The van der Waals surface area contributed by atoms with E-state index in [1.54, 1.807) is 0 Å². The molecule has 0 saturated carbocycles. The lowest BCUT2D eigenvalue weighted by atomic mass is 9.98. The van der Waals surface area contributed by atoms with Gasteiger partial charge in [-0.3, -0.25) is 0 Å². The highest BCUT2D eigenvalue weighted by atomic mass is 35.5. The number of rotatable bonds is 4. The molecule has 4 nitrogen and oxygen atoms in total. The Morgan fingerprint density at radius 1 is 1.00 bits per heavy atom. The topological polar surface area (TPSA) is 61.0 Å². The Balaban J connectivity index is 1.94. The van der Waals surface area contributed by atoms with Crippen molar-refractivity contribution in [2.24, 2.45) is 0 Å². The molecule has 0 bridgehead atoms. The summed E-state index contributed by atoms with van der Waals surface area (Å²) in [6.07, 6.45) is -0.118. The maximum Gasteiger partial charge on any atom is 0.220 e. The van der Waals surface area contributed by atoms with E-state index in [0.717, 1.165) is 16.6 Å². The SMILES string of the molecule is CC(Oc1ccccc1Cl)C(C)c1nc(N)nc2ccccc12. The number of hydrogen-bond acceptors (Lipinski definition) is 4. The summed E-state index contributed by atoms with van der Waals surface area (Å²) >= 11 is 6.17. The van der Waals surface area contributed by atoms with Crippen molar-refractivity contribution in [1.82, 2.24) is 9.97 Å². The molecule has 5 heteroatoms. The quantitative estimate of drug-likeness (QED) is 0.769. The Morgan fingerprint density at radius 3 is 2.48 bits per heavy atom. The molecule has 1 aromatic heterocycles. The molecule has 3 aromatic rings. The molecule has 0 saturated heterocycles. The molecule has 0 fully saturated rings. The third-order valence-corrected chi connectivity index (χ3v) is 4.25. The maximum absolute atomic E-state index is 6.17. The number of para-hydroxylation sites is 2. The van der Waals surface area contributed by atoms with Gasteiger partial charge in [0.2, 0.25) is 5.95 Å². The Kier molecular flexibility index (Phi) is 4.35. The highest BCUT2D eigenvalue weighted by Crippen LogP contribution is 2.30. The second-order valence-corrected chi connectivity index (χ2v) is 5.93. The van der Waals surface area contributed by atoms with Gasteiger partial charge in [-0.05, 0) is 25.1 Å². The van der Waals surface area contributed by atoms with E-state index in [4.69, 9.17) is 22.1 Å². The Labute approximate surface area is 140 Å². The van der Waals surface area contributed by atoms with Crippen LogP contribution in [0.3, 0.4) is 0 Å². The van der Waals surface area contributed by atoms with Crippen LogP contribution in [-0.2, 0) is 0 Å². The number of benzene rings is 2. The lowest BCUT2D eigenvalue weighted by molar-refractivity contribution is 0.194. The van der Waals surface area contributed by atoms with E-state index in [-0.39, 0.29) is 18.0 Å². The first-order chi connectivity index (χ1) is 11.1. The second kappa shape index (κ2) is 6.42. The first-order valence-electron chi connectivity index (χ1n) is 7.49. The minimum Gasteiger partial charge on any atom is -0.488 e. The first-order valence-corrected chi connectivity index (χ1v) is 7.87. The van der Waals surface area contributed by atoms with Crippen molar-refractivity contribution in [1.29, 1.82) is 0 Å². The van der Waals surface area contributed by atoms with E-state index in [1.807, 2.05) is 55.5 Å². The molecule has 2 N–H and O–H groups in total. The molecule has 0 amide bonds. The smallest absolute Gasteiger partial charge is 0.220 e. The van der Waals surface area contributed by atoms with Gasteiger partial charge in [-0.1, -0.05) is 48.9 Å². The van der Waals surface area contributed by atoms with Crippen molar-refractivity contribution in [3.63, 3.8) is 0 Å². The van der Waals surface area contributed by atoms with E-state index in [9.17, 15) is 0 Å². The van der Waals surface area contributed by atoms with Gasteiger partial charge in [-0.25, -0.2) is 9.97 Å². The van der Waals surface area contributed by atoms with E-state index in [0.29, 0.717) is 10.8 Å². The Bertz CT molecular complexity index is 837. The minimum absolute atomic E-state index is 0.0291. The van der Waals surface area contributed by atoms with Gasteiger partial charge in [-0.2, -0.15) is 0 Å². The highest BCUT2D eigenvalue weighted by molar-refractivity contribution is 6.32. The first kappa shape index (κ1) is 15.6. The largest absolute Gasteiger partial charge is 0.488 e. The monoisotopic (exact) mass is 327 g/mol. The summed E-state index contributed by atoms with van der Waals surface area (Å²) in [5, 5.41) is 1.59. The number of aromatic nitrogens is 2. The number of ether oxygens (including phenoxy) is 1. The van der Waals surface area contributed by atoms with Crippen LogP contribution in [0.1, 0.15) is 25.5 Å². The van der Waals surface area contributed by atoms with Gasteiger partial charge < -0.3 is 10.5 Å². The average Bonchev–Trinajstić information content (AvgIpc) is 2.55. The van der Waals surface area contributed by atoms with Gasteiger partial charge >= 0.3 is 0 Å². The van der Waals surface area contributed by atoms with Crippen molar-refractivity contribution in [3.8, 4) is 5.75 Å². The van der Waals surface area contributed by atoms with Crippen molar-refractivity contribution in [2.45, 2.75) is 25.9 Å². The van der Waals surface area contributed by atoms with Gasteiger partial charge in [0, 0.05) is 11.3 Å². The van der Waals surface area contributed by atoms with E-state index >= 15 is 0 Å². The molecular formula is C18H18ClN3O. The van der Waals surface area contributed by atoms with Crippen molar-refractivity contribution in [3.05, 3.63) is 59.2 Å². The Hall–Kier alpha value is -2.33. The van der Waals surface area contributed by atoms with Crippen LogP contribution in [0.2, 0.25) is 5.02 Å². The maximum atomic E-state index is 6.17. The van der Waals surface area contributed by atoms with Crippen molar-refractivity contribution in [2.75, 3.05) is 5.73 Å². The van der Waals surface area contributed by atoms with Gasteiger partial charge in [0.15, 0.2) is 0 Å². The minimum atomic E-state index is -0.118. The molecule has 0 aliphatic rings. The van der Waals surface area contributed by atoms with Crippen LogP contribution in [-0.4, -0.2) is 16.1 Å². The predicted octanol–water partition coefficient (Wildman–Crippen LogP) is 4.44. The molecule has 2 unspecified atom stereocenters. The number of nitrogen functional groups attached to an aromatic ring is 1. The molecule has 0 spiro atoms. The molecule has 2 aromatic carbocycles. The lowest BCUT2D eigenvalue weighted by Gasteiger charge is -2.23. The van der Waals surface area contributed by atoms with Crippen LogP contribution in [0.15, 0.2) is 48.5 Å². The van der Waals surface area contributed by atoms with Gasteiger partial charge in [0.1, 0.15) is 11.9 Å². The average molecular weight is 328 g/mol. The molecule has 0 aliphatic carbocycles. The molecule has 3 rings (SSSR count). The van der Waals surface area contributed by atoms with Crippen molar-refractivity contribution < 1.29 is 4.74 Å². The lowest BCUT2D eigenvalue weighted by Crippen LogP contribution is -2.21. The molecule has 23 heavy (non-hydrogen) atoms. The van der Waals surface area contributed by atoms with Crippen LogP contribution in [0.5, 0.6) is 5.75 Å². The van der Waals surface area contributed by atoms with Gasteiger partial charge in [0.25, 0.3) is 0 Å². The standard InChI is InChI=1S/C18H18ClN3O/c1-11(12(2)23-16-10-6-4-8-14(16)19)17-13-7-3-5-9-15(13)21-18(20)22-17/h3-12H,1-2H3,(H2,20,21,22). The van der Waals surface area contributed by atoms with E-state index in [1.165, 1.54) is 0 Å². The van der Waals surface area contributed by atoms with Crippen LogP contribution < -0.4 is 10.5 Å². The number of nitrogens with zero attached hydrogens (tertiary/aromatic N) is 2. The Morgan fingerprint density at radius 2 is 1.70 bits per heavy atom. The second-order valence-electron chi connectivity index (χ2n) is 5.53. The molecule has 1 heterocycles. The number of halogens is 1. The highest BCUT2D eigenvalue weighted by Gasteiger charge is 2.21. The zero-order chi connectivity index (χ0) is 16.4. The van der Waals surface area contributed by atoms with E-state index in [2.05, 4.69) is 16.9 Å². The fourth-order valence-corrected chi connectivity index (χ4v) is 2.71. The third kappa shape index (κ3) is 3.22. The summed E-state index contributed by atoms with van der Waals surface area (Å²) in [5.74, 6) is 0.969. The molecule has 0 radical (unpaired) electrons. The van der Waals surface area contributed by atoms with Crippen molar-refractivity contribution >= 4 is 28.5 Å².